The molecule has 1 heterocycles. The lowest BCUT2D eigenvalue weighted by atomic mass is 9.92. The van der Waals surface area contributed by atoms with Gasteiger partial charge in [-0.2, -0.15) is 0 Å². The van der Waals surface area contributed by atoms with Gasteiger partial charge in [0.15, 0.2) is 0 Å². The number of benzene rings is 11. The molecule has 300 valence electrons. The normalized spacial score (nSPS) is 11.4. The molecule has 0 N–H and O–H groups in total. The summed E-state index contributed by atoms with van der Waals surface area (Å²) < 4.78 is 2.50. The number of nitrogens with zero attached hydrogens (tertiary/aromatic N) is 2. The Hall–Kier alpha value is -8.46. The van der Waals surface area contributed by atoms with Crippen molar-refractivity contribution in [2.24, 2.45) is 0 Å². The van der Waals surface area contributed by atoms with Gasteiger partial charge in [0, 0.05) is 39.0 Å². The number of anilines is 3. The molecule has 0 aliphatic carbocycles. The molecule has 12 rings (SSSR count). The molecule has 0 amide bonds. The van der Waals surface area contributed by atoms with Crippen molar-refractivity contribution in [1.82, 2.24) is 4.57 Å². The fourth-order valence-corrected chi connectivity index (χ4v) is 9.78. The average molecular weight is 815 g/mol. The third-order valence-corrected chi connectivity index (χ3v) is 12.8. The van der Waals surface area contributed by atoms with Crippen LogP contribution in [0.1, 0.15) is 0 Å². The molecule has 0 unspecified atom stereocenters. The number of fused-ring (bicyclic) bond motifs is 6. The predicted octanol–water partition coefficient (Wildman–Crippen LogP) is 17.2. The highest BCUT2D eigenvalue weighted by Crippen LogP contribution is 2.44. The molecule has 11 aromatic carbocycles. The van der Waals surface area contributed by atoms with Gasteiger partial charge in [0.2, 0.25) is 0 Å². The van der Waals surface area contributed by atoms with Crippen LogP contribution in [0.25, 0.3) is 93.5 Å². The van der Waals surface area contributed by atoms with Crippen LogP contribution >= 0.6 is 0 Å². The molecule has 0 bridgehead atoms. The molecule has 0 spiro atoms. The van der Waals surface area contributed by atoms with E-state index in [9.17, 15) is 0 Å². The quantitative estimate of drug-likeness (QED) is 0.139. The first-order chi connectivity index (χ1) is 31.8. The average Bonchev–Trinajstić information content (AvgIpc) is 3.72. The fraction of sp³-hybridized carbons (Fsp3) is 0. The number of aromatic nitrogens is 1. The van der Waals surface area contributed by atoms with E-state index < -0.39 is 0 Å². The summed E-state index contributed by atoms with van der Waals surface area (Å²) in [4.78, 5) is 2.34. The Balaban J connectivity index is 0.956. The van der Waals surface area contributed by atoms with E-state index in [4.69, 9.17) is 0 Å². The van der Waals surface area contributed by atoms with E-state index in [-0.39, 0.29) is 0 Å². The van der Waals surface area contributed by atoms with Gasteiger partial charge in [-0.1, -0.05) is 200 Å². The lowest BCUT2D eigenvalue weighted by molar-refractivity contribution is 1.18. The van der Waals surface area contributed by atoms with Crippen molar-refractivity contribution in [3.63, 3.8) is 0 Å². The second kappa shape index (κ2) is 15.8. The molecule has 0 fully saturated rings. The molecule has 0 atom stereocenters. The Morgan fingerprint density at radius 1 is 0.266 bits per heavy atom. The number of rotatable bonds is 8. The highest BCUT2D eigenvalue weighted by molar-refractivity contribution is 6.19. The monoisotopic (exact) mass is 814 g/mol. The van der Waals surface area contributed by atoms with Gasteiger partial charge >= 0.3 is 0 Å². The largest absolute Gasteiger partial charge is 0.311 e. The van der Waals surface area contributed by atoms with Gasteiger partial charge in [-0.05, 0) is 110 Å². The van der Waals surface area contributed by atoms with Crippen LogP contribution in [-0.2, 0) is 0 Å². The molecule has 2 heteroatoms. The van der Waals surface area contributed by atoms with E-state index in [1.54, 1.807) is 0 Å². The van der Waals surface area contributed by atoms with Crippen LogP contribution in [0.4, 0.5) is 17.1 Å². The Labute approximate surface area is 373 Å². The molecular weight excluding hydrogens is 773 g/mol. The van der Waals surface area contributed by atoms with Crippen LogP contribution in [0.3, 0.4) is 0 Å². The zero-order valence-corrected chi connectivity index (χ0v) is 35.1. The second-order valence-electron chi connectivity index (χ2n) is 16.5. The lowest BCUT2D eigenvalue weighted by Gasteiger charge is -2.26. The van der Waals surface area contributed by atoms with Crippen molar-refractivity contribution in [2.75, 3.05) is 4.90 Å². The summed E-state index contributed by atoms with van der Waals surface area (Å²) in [6.07, 6.45) is 0. The molecule has 2 nitrogen and oxygen atoms in total. The zero-order chi connectivity index (χ0) is 42.4. The number of hydrogen-bond acceptors (Lipinski definition) is 1. The molecule has 64 heavy (non-hydrogen) atoms. The van der Waals surface area contributed by atoms with Gasteiger partial charge in [-0.15, -0.1) is 0 Å². The summed E-state index contributed by atoms with van der Waals surface area (Å²) in [7, 11) is 0. The minimum absolute atomic E-state index is 1.09. The van der Waals surface area contributed by atoms with Crippen LogP contribution in [0, 0.1) is 0 Å². The Kier molecular flexibility index (Phi) is 9.20. The van der Waals surface area contributed by atoms with Crippen molar-refractivity contribution < 1.29 is 0 Å². The van der Waals surface area contributed by atoms with Gasteiger partial charge in [0.25, 0.3) is 0 Å². The second-order valence-corrected chi connectivity index (χ2v) is 16.5. The Morgan fingerprint density at radius 3 is 1.44 bits per heavy atom. The van der Waals surface area contributed by atoms with Crippen molar-refractivity contribution in [3.05, 3.63) is 255 Å². The summed E-state index contributed by atoms with van der Waals surface area (Å²) in [5.74, 6) is 0. The van der Waals surface area contributed by atoms with E-state index >= 15 is 0 Å². The SMILES string of the molecule is c1ccc(-c2ccc(-c3ccc(N(c4ccccc4)c4ccc(-c5ccccc5-n5c6ccccc6c6cccc(-c7cc8ccccc8c8ccccc78)c65)cc4)cc3)cc2)cc1. The molecule has 0 aliphatic rings. The van der Waals surface area contributed by atoms with Crippen LogP contribution in [0.5, 0.6) is 0 Å². The maximum absolute atomic E-state index is 2.50. The van der Waals surface area contributed by atoms with Crippen molar-refractivity contribution in [1.29, 1.82) is 0 Å². The van der Waals surface area contributed by atoms with E-state index in [0.29, 0.717) is 0 Å². The third-order valence-electron chi connectivity index (χ3n) is 12.8. The predicted molar refractivity (Wildman–Crippen MR) is 272 cm³/mol. The van der Waals surface area contributed by atoms with Crippen molar-refractivity contribution in [2.45, 2.75) is 0 Å². The van der Waals surface area contributed by atoms with E-state index in [2.05, 4.69) is 264 Å². The van der Waals surface area contributed by atoms with Crippen LogP contribution in [-0.4, -0.2) is 4.57 Å². The molecular formula is C62H42N2. The molecule has 0 saturated heterocycles. The van der Waals surface area contributed by atoms with Crippen LogP contribution in [0.2, 0.25) is 0 Å². The highest BCUT2D eigenvalue weighted by atomic mass is 15.1. The van der Waals surface area contributed by atoms with E-state index in [1.165, 1.54) is 82.3 Å². The Morgan fingerprint density at radius 2 is 0.734 bits per heavy atom. The summed E-state index contributed by atoms with van der Waals surface area (Å²) in [6, 6.07) is 92.5. The van der Waals surface area contributed by atoms with E-state index in [1.807, 2.05) is 0 Å². The summed E-state index contributed by atoms with van der Waals surface area (Å²) >= 11 is 0. The first kappa shape index (κ1) is 37.3. The summed E-state index contributed by atoms with van der Waals surface area (Å²) in [6.45, 7) is 0. The van der Waals surface area contributed by atoms with Crippen LogP contribution in [0.15, 0.2) is 255 Å². The molecule has 0 radical (unpaired) electrons. The lowest BCUT2D eigenvalue weighted by Crippen LogP contribution is -2.09. The molecule has 12 aromatic rings. The Bertz CT molecular complexity index is 3620. The van der Waals surface area contributed by atoms with Gasteiger partial charge < -0.3 is 9.47 Å². The minimum Gasteiger partial charge on any atom is -0.311 e. The van der Waals surface area contributed by atoms with Gasteiger partial charge in [-0.3, -0.25) is 0 Å². The van der Waals surface area contributed by atoms with Crippen LogP contribution < -0.4 is 4.90 Å². The zero-order valence-electron chi connectivity index (χ0n) is 35.1. The topological polar surface area (TPSA) is 8.17 Å². The fourth-order valence-electron chi connectivity index (χ4n) is 9.78. The van der Waals surface area contributed by atoms with Gasteiger partial charge in [-0.25, -0.2) is 0 Å². The standard InChI is InChI=1S/C62H42N2/c1-3-16-43(17-4-1)44-30-32-45(33-31-44)46-34-38-50(39-35-46)63(49-19-5-2-6-20-49)51-40-36-47(37-41-51)53-22-11-13-28-60(53)64-61-29-14-12-25-56(61)57-26-15-27-58(62(57)64)59-42-48-18-7-8-21-52(48)54-23-9-10-24-55(54)59/h1-42H. The maximum atomic E-state index is 2.50. The number of hydrogen-bond donors (Lipinski definition) is 0. The first-order valence-corrected chi connectivity index (χ1v) is 22.0. The molecule has 1 aromatic heterocycles. The van der Waals surface area contributed by atoms with Crippen molar-refractivity contribution >= 4 is 60.4 Å². The van der Waals surface area contributed by atoms with Gasteiger partial charge in [0.1, 0.15) is 0 Å². The number of para-hydroxylation sites is 4. The highest BCUT2D eigenvalue weighted by Gasteiger charge is 2.21. The minimum atomic E-state index is 1.09. The first-order valence-electron chi connectivity index (χ1n) is 22.0. The maximum Gasteiger partial charge on any atom is 0.0619 e. The van der Waals surface area contributed by atoms with Crippen molar-refractivity contribution in [3.8, 4) is 50.2 Å². The molecule has 0 saturated carbocycles. The van der Waals surface area contributed by atoms with Gasteiger partial charge in [0.05, 0.1) is 16.7 Å². The summed E-state index contributed by atoms with van der Waals surface area (Å²) in [5.41, 5.74) is 16.4. The van der Waals surface area contributed by atoms with E-state index in [0.717, 1.165) is 28.3 Å². The molecule has 0 aliphatic heterocycles. The smallest absolute Gasteiger partial charge is 0.0619 e. The summed E-state index contributed by atoms with van der Waals surface area (Å²) in [5, 5.41) is 7.52. The third kappa shape index (κ3) is 6.44.